The summed E-state index contributed by atoms with van der Waals surface area (Å²) in [5.74, 6) is 0. The Morgan fingerprint density at radius 2 is 1.38 bits per heavy atom. The number of para-hydroxylation sites is 2. The van der Waals surface area contributed by atoms with Crippen LogP contribution in [0.5, 0.6) is 0 Å². The van der Waals surface area contributed by atoms with Crippen molar-refractivity contribution in [2.75, 3.05) is 4.90 Å². The van der Waals surface area contributed by atoms with Crippen LogP contribution < -0.4 is 4.90 Å². The molecule has 0 spiro atoms. The van der Waals surface area contributed by atoms with Gasteiger partial charge >= 0.3 is 6.03 Å². The van der Waals surface area contributed by atoms with Crippen LogP contribution in [-0.2, 0) is 0 Å². The minimum Gasteiger partial charge on any atom is -0.261 e. The van der Waals surface area contributed by atoms with Gasteiger partial charge in [0, 0.05) is 6.42 Å². The molecule has 1 aliphatic carbocycles. The second kappa shape index (κ2) is 5.58. The number of allylic oxidation sites excluding steroid dienone is 2. The van der Waals surface area contributed by atoms with Crippen LogP contribution in [0.3, 0.4) is 0 Å². The van der Waals surface area contributed by atoms with E-state index in [0.717, 1.165) is 5.01 Å². The van der Waals surface area contributed by atoms with E-state index in [-0.39, 0.29) is 0 Å². The summed E-state index contributed by atoms with van der Waals surface area (Å²) in [5, 5.41) is 3.75. The first-order valence-corrected chi connectivity index (χ1v) is 6.58. The molecule has 0 radical (unpaired) electrons. The Hall–Kier alpha value is -2.95. The first-order chi connectivity index (χ1) is 10.3. The quantitative estimate of drug-likeness (QED) is 0.621. The van der Waals surface area contributed by atoms with Crippen LogP contribution in [0.4, 0.5) is 16.2 Å². The molecule has 0 N–H and O–H groups in total. The minimum atomic E-state index is -0.480. The normalized spacial score (nSPS) is 12.3. The fraction of sp³-hybridized carbons (Fsp3) is 0.0625. The van der Waals surface area contributed by atoms with Crippen LogP contribution in [0.2, 0.25) is 0 Å². The first-order valence-electron chi connectivity index (χ1n) is 6.58. The zero-order valence-corrected chi connectivity index (χ0v) is 11.2. The van der Waals surface area contributed by atoms with Gasteiger partial charge in [-0.1, -0.05) is 42.5 Å². The number of amides is 2. The van der Waals surface area contributed by atoms with E-state index in [2.05, 4.69) is 5.29 Å². The molecule has 2 aromatic rings. The standard InChI is InChI=1S/C16H13N3O2/c20-16(19(17-21)15-11-12-15)18(13-7-3-1-4-8-13)14-9-5-2-6-10-14/h1-11H,12H2. The summed E-state index contributed by atoms with van der Waals surface area (Å²) >= 11 is 0. The van der Waals surface area contributed by atoms with E-state index in [0.29, 0.717) is 23.5 Å². The molecule has 0 atom stereocenters. The second-order valence-electron chi connectivity index (χ2n) is 4.58. The average molecular weight is 279 g/mol. The lowest BCUT2D eigenvalue weighted by Crippen LogP contribution is -2.35. The van der Waals surface area contributed by atoms with E-state index in [1.807, 2.05) is 60.7 Å². The SMILES string of the molecule is O=NN(C(=O)N(c1ccccc1)c1ccccc1)C1=CC1. The number of urea groups is 1. The highest BCUT2D eigenvalue weighted by Gasteiger charge is 2.30. The molecule has 2 amide bonds. The molecular formula is C16H13N3O2. The lowest BCUT2D eigenvalue weighted by molar-refractivity contribution is 0.223. The second-order valence-corrected chi connectivity index (χ2v) is 4.58. The molecule has 0 unspecified atom stereocenters. The molecule has 3 rings (SSSR count). The third kappa shape index (κ3) is 2.67. The largest absolute Gasteiger partial charge is 0.356 e. The maximum atomic E-state index is 12.7. The predicted octanol–water partition coefficient (Wildman–Crippen LogP) is 4.22. The van der Waals surface area contributed by atoms with Crippen molar-refractivity contribution in [3.05, 3.63) is 77.3 Å². The maximum Gasteiger partial charge on any atom is 0.356 e. The van der Waals surface area contributed by atoms with Crippen molar-refractivity contribution >= 4 is 17.4 Å². The van der Waals surface area contributed by atoms with Crippen LogP contribution in [0.25, 0.3) is 0 Å². The summed E-state index contributed by atoms with van der Waals surface area (Å²) in [6.45, 7) is 0. The van der Waals surface area contributed by atoms with E-state index in [4.69, 9.17) is 0 Å². The third-order valence-electron chi connectivity index (χ3n) is 3.14. The van der Waals surface area contributed by atoms with Gasteiger partial charge in [-0.15, -0.1) is 9.92 Å². The van der Waals surface area contributed by atoms with Crippen molar-refractivity contribution in [1.82, 2.24) is 5.01 Å². The minimum absolute atomic E-state index is 0.480. The molecule has 104 valence electrons. The first kappa shape index (κ1) is 13.1. The molecule has 5 heteroatoms. The summed E-state index contributed by atoms with van der Waals surface area (Å²) in [4.78, 5) is 25.1. The summed E-state index contributed by atoms with van der Waals surface area (Å²) in [7, 11) is 0. The van der Waals surface area contributed by atoms with Crippen LogP contribution in [0.15, 0.2) is 77.7 Å². The molecule has 0 saturated heterocycles. The Morgan fingerprint density at radius 1 is 0.905 bits per heavy atom. The fourth-order valence-corrected chi connectivity index (χ4v) is 2.05. The lowest BCUT2D eigenvalue weighted by Gasteiger charge is -2.25. The van der Waals surface area contributed by atoms with Crippen molar-refractivity contribution < 1.29 is 4.79 Å². The van der Waals surface area contributed by atoms with Crippen molar-refractivity contribution in [2.45, 2.75) is 6.42 Å². The number of hydrogen-bond acceptors (Lipinski definition) is 3. The van der Waals surface area contributed by atoms with Crippen LogP contribution >= 0.6 is 0 Å². The topological polar surface area (TPSA) is 53.0 Å². The molecule has 0 bridgehead atoms. The zero-order valence-electron chi connectivity index (χ0n) is 11.2. The molecule has 0 fully saturated rings. The maximum absolute atomic E-state index is 12.7. The Bertz CT molecular complexity index is 644. The molecule has 0 aliphatic heterocycles. The van der Waals surface area contributed by atoms with Gasteiger partial charge in [0.25, 0.3) is 0 Å². The molecule has 0 aromatic heterocycles. The van der Waals surface area contributed by atoms with Crippen molar-refractivity contribution in [3.63, 3.8) is 0 Å². The van der Waals surface area contributed by atoms with Crippen molar-refractivity contribution in [2.24, 2.45) is 5.29 Å². The molecule has 2 aromatic carbocycles. The predicted molar refractivity (Wildman–Crippen MR) is 80.8 cm³/mol. The zero-order chi connectivity index (χ0) is 14.7. The Kier molecular flexibility index (Phi) is 3.47. The van der Waals surface area contributed by atoms with Gasteiger partial charge in [-0.25, -0.2) is 4.79 Å². The van der Waals surface area contributed by atoms with Gasteiger partial charge in [-0.05, 0) is 24.3 Å². The highest BCUT2D eigenvalue weighted by molar-refractivity contribution is 6.00. The van der Waals surface area contributed by atoms with E-state index in [1.54, 1.807) is 6.08 Å². The van der Waals surface area contributed by atoms with Gasteiger partial charge in [-0.3, -0.25) is 4.90 Å². The molecule has 0 heterocycles. The summed E-state index contributed by atoms with van der Waals surface area (Å²) < 4.78 is 0. The van der Waals surface area contributed by atoms with Gasteiger partial charge in [0.2, 0.25) is 0 Å². The molecule has 1 aliphatic rings. The number of anilines is 2. The van der Waals surface area contributed by atoms with Crippen molar-refractivity contribution in [1.29, 1.82) is 0 Å². The number of benzene rings is 2. The van der Waals surface area contributed by atoms with Crippen LogP contribution in [-0.4, -0.2) is 11.0 Å². The Balaban J connectivity index is 2.02. The summed E-state index contributed by atoms with van der Waals surface area (Å²) in [6.07, 6.45) is 2.41. The van der Waals surface area contributed by atoms with Gasteiger partial charge in [0.05, 0.1) is 22.4 Å². The number of hydrogen-bond donors (Lipinski definition) is 0. The molecule has 5 nitrogen and oxygen atoms in total. The van der Waals surface area contributed by atoms with Gasteiger partial charge < -0.3 is 0 Å². The lowest BCUT2D eigenvalue weighted by atomic mass is 10.2. The van der Waals surface area contributed by atoms with E-state index < -0.39 is 6.03 Å². The highest BCUT2D eigenvalue weighted by atomic mass is 16.3. The van der Waals surface area contributed by atoms with Gasteiger partial charge in [0.1, 0.15) is 0 Å². The Labute approximate surface area is 122 Å². The number of nitroso groups, excluding NO2 is 1. The number of carbonyl (C=O) groups is 1. The molecular weight excluding hydrogens is 266 g/mol. The highest BCUT2D eigenvalue weighted by Crippen LogP contribution is 2.31. The van der Waals surface area contributed by atoms with Crippen molar-refractivity contribution in [3.8, 4) is 0 Å². The summed E-state index contributed by atoms with van der Waals surface area (Å²) in [5.41, 5.74) is 2.00. The smallest absolute Gasteiger partial charge is 0.261 e. The summed E-state index contributed by atoms with van der Waals surface area (Å²) in [6, 6.07) is 17.9. The number of rotatable bonds is 4. The van der Waals surface area contributed by atoms with Crippen LogP contribution in [0, 0.1) is 4.91 Å². The molecule has 21 heavy (non-hydrogen) atoms. The Morgan fingerprint density at radius 3 is 1.76 bits per heavy atom. The number of nitrogens with zero attached hydrogens (tertiary/aromatic N) is 3. The monoisotopic (exact) mass is 279 g/mol. The number of carbonyl (C=O) groups excluding carboxylic acids is 1. The molecule has 0 saturated carbocycles. The van der Waals surface area contributed by atoms with Gasteiger partial charge in [-0.2, -0.15) is 0 Å². The van der Waals surface area contributed by atoms with E-state index in [9.17, 15) is 9.70 Å². The van der Waals surface area contributed by atoms with Gasteiger partial charge in [0.15, 0.2) is 0 Å². The average Bonchev–Trinajstić information content (AvgIpc) is 3.35. The fourth-order valence-electron chi connectivity index (χ4n) is 2.05. The van der Waals surface area contributed by atoms with E-state index in [1.165, 1.54) is 4.90 Å². The van der Waals surface area contributed by atoms with Crippen LogP contribution in [0.1, 0.15) is 6.42 Å². The van der Waals surface area contributed by atoms with E-state index >= 15 is 0 Å². The third-order valence-corrected chi connectivity index (χ3v) is 3.14.